The highest BCUT2D eigenvalue weighted by atomic mass is 16.3. The lowest BCUT2D eigenvalue weighted by Gasteiger charge is -2.60. The summed E-state index contributed by atoms with van der Waals surface area (Å²) in [4.78, 5) is 23.6. The fraction of sp³-hybridized carbons (Fsp3) is 0.826. The van der Waals surface area contributed by atoms with E-state index in [9.17, 15) is 14.7 Å². The molecule has 0 aromatic heterocycles. The van der Waals surface area contributed by atoms with Crippen LogP contribution in [0.4, 0.5) is 0 Å². The highest BCUT2D eigenvalue weighted by molar-refractivity contribution is 5.92. The van der Waals surface area contributed by atoms with E-state index in [1.807, 2.05) is 6.08 Å². The predicted molar refractivity (Wildman–Crippen MR) is 105 cm³/mol. The van der Waals surface area contributed by atoms with Crippen molar-refractivity contribution >= 4 is 11.7 Å². The Bertz CT molecular complexity index is 671. The number of primary amides is 1. The van der Waals surface area contributed by atoms with Gasteiger partial charge in [-0.15, -0.1) is 0 Å². The van der Waals surface area contributed by atoms with E-state index in [2.05, 4.69) is 13.8 Å². The van der Waals surface area contributed by atoms with E-state index in [1.54, 1.807) is 0 Å². The van der Waals surface area contributed by atoms with Crippen LogP contribution in [-0.2, 0) is 9.59 Å². The van der Waals surface area contributed by atoms with Crippen LogP contribution in [0.2, 0.25) is 0 Å². The first-order valence-electron chi connectivity index (χ1n) is 11.0. The molecule has 0 aromatic carbocycles. The number of hydrogen-bond acceptors (Lipinski definition) is 3. The van der Waals surface area contributed by atoms with Crippen molar-refractivity contribution in [2.75, 3.05) is 0 Å². The summed E-state index contributed by atoms with van der Waals surface area (Å²) in [5, 5.41) is 10.6. The summed E-state index contributed by atoms with van der Waals surface area (Å²) in [6.45, 7) is 4.72. The average Bonchev–Trinajstić information content (AvgIpc) is 2.91. The van der Waals surface area contributed by atoms with Crippen molar-refractivity contribution < 1.29 is 14.7 Å². The maximum absolute atomic E-state index is 12.4. The van der Waals surface area contributed by atoms with Crippen molar-refractivity contribution in [3.63, 3.8) is 0 Å². The SMILES string of the molecule is C[C@]12CCC3C(CCC4=CC(=O)C[C@H](CCCC(N)=O)[C@@]43C)C1CC[C@@H]2O. The van der Waals surface area contributed by atoms with Crippen LogP contribution in [-0.4, -0.2) is 22.9 Å². The molecular weight excluding hydrogens is 338 g/mol. The Morgan fingerprint density at radius 3 is 2.74 bits per heavy atom. The Hall–Kier alpha value is -1.16. The van der Waals surface area contributed by atoms with Gasteiger partial charge in [-0.25, -0.2) is 0 Å². The standard InChI is InChI=1S/C23H35NO3/c1-22-11-10-19-17(18(22)8-9-20(22)26)7-6-15-13-16(25)12-14(23(15,19)2)4-3-5-21(24)27/h13-14,17-20,26H,3-12H2,1-2H3,(H2,24,27)/t14-,17?,18?,19?,20-,22-,23-/m0/s1. The van der Waals surface area contributed by atoms with Crippen LogP contribution in [0.1, 0.15) is 78.1 Å². The van der Waals surface area contributed by atoms with Gasteiger partial charge in [-0.05, 0) is 91.9 Å². The molecule has 0 heterocycles. The quantitative estimate of drug-likeness (QED) is 0.787. The smallest absolute Gasteiger partial charge is 0.217 e. The zero-order chi connectivity index (χ0) is 19.4. The van der Waals surface area contributed by atoms with Crippen molar-refractivity contribution in [1.82, 2.24) is 0 Å². The van der Waals surface area contributed by atoms with Gasteiger partial charge in [0.05, 0.1) is 6.10 Å². The number of rotatable bonds is 4. The van der Waals surface area contributed by atoms with Crippen LogP contribution in [0, 0.1) is 34.5 Å². The van der Waals surface area contributed by atoms with Crippen molar-refractivity contribution in [3.05, 3.63) is 11.6 Å². The maximum atomic E-state index is 12.4. The van der Waals surface area contributed by atoms with E-state index in [-0.39, 0.29) is 28.6 Å². The lowest BCUT2D eigenvalue weighted by atomic mass is 9.45. The highest BCUT2D eigenvalue weighted by Crippen LogP contribution is 2.66. The first-order chi connectivity index (χ1) is 12.8. The largest absolute Gasteiger partial charge is 0.393 e. The number of carbonyl (C=O) groups is 2. The van der Waals surface area contributed by atoms with Crippen molar-refractivity contribution in [3.8, 4) is 0 Å². The molecule has 150 valence electrons. The van der Waals surface area contributed by atoms with Crippen molar-refractivity contribution in [1.29, 1.82) is 0 Å². The molecule has 3 unspecified atom stereocenters. The molecule has 0 aliphatic heterocycles. The minimum atomic E-state index is -0.243. The van der Waals surface area contributed by atoms with Gasteiger partial charge in [0.1, 0.15) is 0 Å². The molecule has 4 rings (SSSR count). The van der Waals surface area contributed by atoms with Gasteiger partial charge in [0, 0.05) is 12.8 Å². The van der Waals surface area contributed by atoms with E-state index in [0.717, 1.165) is 44.9 Å². The Morgan fingerprint density at radius 2 is 2.00 bits per heavy atom. The molecule has 3 fully saturated rings. The summed E-state index contributed by atoms with van der Waals surface area (Å²) in [6.07, 6.45) is 11.1. The summed E-state index contributed by atoms with van der Waals surface area (Å²) in [5.74, 6) is 2.23. The summed E-state index contributed by atoms with van der Waals surface area (Å²) in [6, 6.07) is 0. The summed E-state index contributed by atoms with van der Waals surface area (Å²) in [7, 11) is 0. The van der Waals surface area contributed by atoms with Gasteiger partial charge in [-0.2, -0.15) is 0 Å². The van der Waals surface area contributed by atoms with Gasteiger partial charge < -0.3 is 10.8 Å². The van der Waals surface area contributed by atoms with Gasteiger partial charge in [0.15, 0.2) is 5.78 Å². The monoisotopic (exact) mass is 373 g/mol. The molecule has 4 nitrogen and oxygen atoms in total. The zero-order valence-electron chi connectivity index (χ0n) is 16.9. The first-order valence-corrected chi connectivity index (χ1v) is 11.0. The number of aliphatic hydroxyl groups excluding tert-OH is 1. The topological polar surface area (TPSA) is 80.4 Å². The van der Waals surface area contributed by atoms with Crippen molar-refractivity contribution in [2.45, 2.75) is 84.2 Å². The number of aliphatic hydroxyl groups is 1. The van der Waals surface area contributed by atoms with Crippen LogP contribution in [0.25, 0.3) is 0 Å². The van der Waals surface area contributed by atoms with Gasteiger partial charge in [0.2, 0.25) is 5.91 Å². The minimum absolute atomic E-state index is 0.0728. The molecule has 0 radical (unpaired) electrons. The molecule has 3 N–H and O–H groups in total. The molecule has 4 heteroatoms. The third kappa shape index (κ3) is 2.90. The normalized spacial score (nSPS) is 46.3. The number of carbonyl (C=O) groups excluding carboxylic acids is 2. The molecule has 3 saturated carbocycles. The van der Waals surface area contributed by atoms with Crippen LogP contribution >= 0.6 is 0 Å². The number of ketones is 1. The van der Waals surface area contributed by atoms with Gasteiger partial charge in [-0.3, -0.25) is 9.59 Å². The fourth-order valence-electron chi connectivity index (χ4n) is 7.66. The number of amides is 1. The summed E-state index contributed by atoms with van der Waals surface area (Å²) in [5.41, 5.74) is 6.88. The number of hydrogen-bond donors (Lipinski definition) is 2. The molecule has 0 aromatic rings. The number of allylic oxidation sites excluding steroid dienone is 1. The van der Waals surface area contributed by atoms with Gasteiger partial charge in [-0.1, -0.05) is 19.4 Å². The van der Waals surface area contributed by atoms with E-state index in [4.69, 9.17) is 5.73 Å². The van der Waals surface area contributed by atoms with Crippen LogP contribution in [0.15, 0.2) is 11.6 Å². The van der Waals surface area contributed by atoms with Crippen LogP contribution in [0.5, 0.6) is 0 Å². The molecule has 0 spiro atoms. The van der Waals surface area contributed by atoms with E-state index in [1.165, 1.54) is 12.0 Å². The van der Waals surface area contributed by atoms with E-state index >= 15 is 0 Å². The first kappa shape index (κ1) is 19.2. The molecule has 4 aliphatic carbocycles. The Balaban J connectivity index is 1.63. The van der Waals surface area contributed by atoms with Crippen LogP contribution < -0.4 is 5.73 Å². The fourth-order valence-corrected chi connectivity index (χ4v) is 7.66. The second kappa shape index (κ2) is 6.72. The Morgan fingerprint density at radius 1 is 1.22 bits per heavy atom. The summed E-state index contributed by atoms with van der Waals surface area (Å²) >= 11 is 0. The molecular formula is C23H35NO3. The second-order valence-corrected chi connectivity index (χ2v) is 10.2. The molecule has 0 saturated heterocycles. The minimum Gasteiger partial charge on any atom is -0.393 e. The molecule has 1 amide bonds. The van der Waals surface area contributed by atoms with Gasteiger partial charge in [0.25, 0.3) is 0 Å². The molecule has 0 bridgehead atoms. The van der Waals surface area contributed by atoms with Crippen LogP contribution in [0.3, 0.4) is 0 Å². The Kier molecular flexibility index (Phi) is 4.77. The van der Waals surface area contributed by atoms with E-state index in [0.29, 0.717) is 36.5 Å². The van der Waals surface area contributed by atoms with E-state index < -0.39 is 0 Å². The third-order valence-electron chi connectivity index (χ3n) is 9.20. The Labute approximate surface area is 163 Å². The number of fused-ring (bicyclic) bond motifs is 5. The molecule has 27 heavy (non-hydrogen) atoms. The highest BCUT2D eigenvalue weighted by Gasteiger charge is 2.60. The molecule has 4 aliphatic rings. The lowest BCUT2D eigenvalue weighted by Crippen LogP contribution is -2.53. The zero-order valence-corrected chi connectivity index (χ0v) is 16.9. The van der Waals surface area contributed by atoms with Crippen molar-refractivity contribution in [2.24, 2.45) is 40.2 Å². The maximum Gasteiger partial charge on any atom is 0.217 e. The number of nitrogens with two attached hydrogens (primary N) is 1. The lowest BCUT2D eigenvalue weighted by molar-refractivity contribution is -0.122. The second-order valence-electron chi connectivity index (χ2n) is 10.2. The molecule has 7 atom stereocenters. The third-order valence-corrected chi connectivity index (χ3v) is 9.20. The van der Waals surface area contributed by atoms with Gasteiger partial charge >= 0.3 is 0 Å². The summed E-state index contributed by atoms with van der Waals surface area (Å²) < 4.78 is 0. The predicted octanol–water partition coefficient (Wildman–Crippen LogP) is 3.76. The average molecular weight is 374 g/mol.